The van der Waals surface area contributed by atoms with Crippen LogP contribution in [0.5, 0.6) is 0 Å². The summed E-state index contributed by atoms with van der Waals surface area (Å²) in [5, 5.41) is 10.9. The highest BCUT2D eigenvalue weighted by Gasteiger charge is 2.06. The van der Waals surface area contributed by atoms with Gasteiger partial charge in [0, 0.05) is 22.0 Å². The van der Waals surface area contributed by atoms with Crippen molar-refractivity contribution in [1.29, 1.82) is 5.26 Å². The molecule has 3 nitrogen and oxygen atoms in total. The third kappa shape index (κ3) is 2.30. The van der Waals surface area contributed by atoms with E-state index in [1.54, 1.807) is 24.4 Å². The van der Waals surface area contributed by atoms with Crippen LogP contribution in [0.25, 0.3) is 0 Å². The molecule has 1 heterocycles. The summed E-state index contributed by atoms with van der Waals surface area (Å²) in [5.74, 6) is 0. The highest BCUT2D eigenvalue weighted by atomic mass is 32.2. The fraction of sp³-hybridized carbons (Fsp3) is 0. The van der Waals surface area contributed by atoms with Gasteiger partial charge < -0.3 is 0 Å². The summed E-state index contributed by atoms with van der Waals surface area (Å²) in [5.41, 5.74) is 1.02. The molecule has 0 unspecified atom stereocenters. The number of carbonyl (C=O) groups excluding carboxylic acids is 1. The van der Waals surface area contributed by atoms with Crippen molar-refractivity contribution < 1.29 is 4.79 Å². The number of hydrogen-bond donors (Lipinski definition) is 0. The molecule has 2 rings (SSSR count). The molecule has 5 heteroatoms. The topological polar surface area (TPSA) is 53.8 Å². The molecule has 1 aromatic heterocycles. The van der Waals surface area contributed by atoms with E-state index in [9.17, 15) is 4.79 Å². The molecular weight excluding hydrogens is 240 g/mol. The number of thiazole rings is 1. The van der Waals surface area contributed by atoms with E-state index in [4.69, 9.17) is 5.26 Å². The number of aldehydes is 1. The molecule has 0 atom stereocenters. The maximum Gasteiger partial charge on any atom is 0.154 e. The van der Waals surface area contributed by atoms with Gasteiger partial charge in [0.2, 0.25) is 0 Å². The normalized spacial score (nSPS) is 9.69. The van der Waals surface area contributed by atoms with Gasteiger partial charge in [-0.2, -0.15) is 5.26 Å². The summed E-state index contributed by atoms with van der Waals surface area (Å²) in [6.07, 6.45) is 2.46. The van der Waals surface area contributed by atoms with Gasteiger partial charge >= 0.3 is 0 Å². The van der Waals surface area contributed by atoms with Gasteiger partial charge in [0.25, 0.3) is 0 Å². The Morgan fingerprint density at radius 2 is 2.38 bits per heavy atom. The van der Waals surface area contributed by atoms with Crippen LogP contribution in [0.4, 0.5) is 0 Å². The van der Waals surface area contributed by atoms with Gasteiger partial charge in [-0.1, -0.05) is 17.8 Å². The van der Waals surface area contributed by atoms with Crippen molar-refractivity contribution in [3.05, 3.63) is 40.9 Å². The largest absolute Gasteiger partial charge is 0.298 e. The second kappa shape index (κ2) is 4.92. The summed E-state index contributed by atoms with van der Waals surface area (Å²) < 4.78 is 0.885. The quantitative estimate of drug-likeness (QED) is 0.781. The number of benzene rings is 1. The fourth-order valence-electron chi connectivity index (χ4n) is 1.15. The minimum atomic E-state index is 0.504. The predicted octanol–water partition coefficient (Wildman–Crippen LogP) is 2.98. The first-order valence-corrected chi connectivity index (χ1v) is 6.10. The molecule has 0 saturated heterocycles. The van der Waals surface area contributed by atoms with E-state index in [1.807, 2.05) is 5.38 Å². The molecule has 1 aromatic carbocycles. The van der Waals surface area contributed by atoms with E-state index in [-0.39, 0.29) is 0 Å². The molecule has 0 radical (unpaired) electrons. The Hall–Kier alpha value is -1.64. The number of rotatable bonds is 3. The molecule has 0 amide bonds. The Morgan fingerprint density at radius 1 is 1.50 bits per heavy atom. The molecule has 0 saturated carbocycles. The van der Waals surface area contributed by atoms with Crippen LogP contribution in [0, 0.1) is 11.3 Å². The molecular formula is C11H6N2OS2. The average Bonchev–Trinajstić information content (AvgIpc) is 2.82. The number of carbonyl (C=O) groups is 1. The Morgan fingerprint density at radius 3 is 3.00 bits per heavy atom. The van der Waals surface area contributed by atoms with Gasteiger partial charge in [0.1, 0.15) is 12.4 Å². The van der Waals surface area contributed by atoms with Crippen LogP contribution in [0.15, 0.2) is 39.0 Å². The van der Waals surface area contributed by atoms with Gasteiger partial charge in [-0.3, -0.25) is 4.79 Å². The van der Waals surface area contributed by atoms with Crippen LogP contribution >= 0.6 is 23.1 Å². The molecule has 0 N–H and O–H groups in total. The second-order valence-electron chi connectivity index (χ2n) is 2.89. The minimum Gasteiger partial charge on any atom is -0.298 e. The molecule has 0 aliphatic heterocycles. The molecule has 2 aromatic rings. The van der Waals surface area contributed by atoms with Crippen molar-refractivity contribution in [2.75, 3.05) is 0 Å². The molecule has 0 aliphatic carbocycles. The first kappa shape index (κ1) is 10.9. The van der Waals surface area contributed by atoms with Crippen molar-refractivity contribution >= 4 is 29.4 Å². The van der Waals surface area contributed by atoms with Crippen molar-refractivity contribution in [2.45, 2.75) is 9.24 Å². The molecule has 78 valence electrons. The van der Waals surface area contributed by atoms with Crippen molar-refractivity contribution in [1.82, 2.24) is 4.98 Å². The first-order valence-electron chi connectivity index (χ1n) is 4.40. The number of nitriles is 1. The van der Waals surface area contributed by atoms with Crippen LogP contribution in [0.2, 0.25) is 0 Å². The molecule has 0 spiro atoms. The fourth-order valence-corrected chi connectivity index (χ4v) is 2.79. The summed E-state index contributed by atoms with van der Waals surface area (Å²) in [4.78, 5) is 15.5. The third-order valence-electron chi connectivity index (χ3n) is 1.87. The lowest BCUT2D eigenvalue weighted by Crippen LogP contribution is -1.85. The van der Waals surface area contributed by atoms with E-state index in [1.165, 1.54) is 23.1 Å². The van der Waals surface area contributed by atoms with Crippen LogP contribution in [0.1, 0.15) is 15.9 Å². The summed E-state index contributed by atoms with van der Waals surface area (Å²) >= 11 is 2.95. The monoisotopic (exact) mass is 246 g/mol. The Bertz CT molecular complexity index is 544. The minimum absolute atomic E-state index is 0.504. The van der Waals surface area contributed by atoms with Crippen LogP contribution in [-0.2, 0) is 0 Å². The maximum absolute atomic E-state index is 10.6. The smallest absolute Gasteiger partial charge is 0.154 e. The molecule has 0 fully saturated rings. The first-order chi connectivity index (χ1) is 7.83. The molecule has 0 aliphatic rings. The lowest BCUT2D eigenvalue weighted by atomic mass is 10.1. The highest BCUT2D eigenvalue weighted by molar-refractivity contribution is 8.01. The number of hydrogen-bond acceptors (Lipinski definition) is 5. The van der Waals surface area contributed by atoms with E-state index < -0.39 is 0 Å². The Labute approximate surface area is 101 Å². The van der Waals surface area contributed by atoms with E-state index in [0.29, 0.717) is 11.1 Å². The van der Waals surface area contributed by atoms with Gasteiger partial charge in [0.05, 0.1) is 5.56 Å². The van der Waals surface area contributed by atoms with E-state index in [0.717, 1.165) is 15.5 Å². The number of nitrogens with zero attached hydrogens (tertiary/aromatic N) is 2. The van der Waals surface area contributed by atoms with Crippen molar-refractivity contribution in [2.24, 2.45) is 0 Å². The SMILES string of the molecule is N#Cc1cc(C=O)ccc1Sc1nccs1. The van der Waals surface area contributed by atoms with Crippen molar-refractivity contribution in [3.8, 4) is 6.07 Å². The van der Waals surface area contributed by atoms with Gasteiger partial charge in [0.15, 0.2) is 4.34 Å². The lowest BCUT2D eigenvalue weighted by Gasteiger charge is -2.01. The lowest BCUT2D eigenvalue weighted by molar-refractivity contribution is 0.112. The average molecular weight is 246 g/mol. The van der Waals surface area contributed by atoms with E-state index in [2.05, 4.69) is 11.1 Å². The molecule has 16 heavy (non-hydrogen) atoms. The van der Waals surface area contributed by atoms with Gasteiger partial charge in [-0.05, 0) is 12.1 Å². The van der Waals surface area contributed by atoms with Gasteiger partial charge in [-0.15, -0.1) is 11.3 Å². The predicted molar refractivity (Wildman–Crippen MR) is 62.8 cm³/mol. The van der Waals surface area contributed by atoms with Crippen LogP contribution in [-0.4, -0.2) is 11.3 Å². The standard InChI is InChI=1S/C11H6N2OS2/c12-6-9-5-8(7-14)1-2-10(9)16-11-13-3-4-15-11/h1-5,7H. The van der Waals surface area contributed by atoms with Crippen molar-refractivity contribution in [3.63, 3.8) is 0 Å². The zero-order chi connectivity index (χ0) is 11.4. The summed E-state index contributed by atoms with van der Waals surface area (Å²) in [6.45, 7) is 0. The summed E-state index contributed by atoms with van der Waals surface area (Å²) in [7, 11) is 0. The highest BCUT2D eigenvalue weighted by Crippen LogP contribution is 2.31. The van der Waals surface area contributed by atoms with Gasteiger partial charge in [-0.25, -0.2) is 4.98 Å². The van der Waals surface area contributed by atoms with Crippen LogP contribution in [0.3, 0.4) is 0 Å². The Balaban J connectivity index is 2.34. The zero-order valence-electron chi connectivity index (χ0n) is 8.08. The molecule has 0 bridgehead atoms. The maximum atomic E-state index is 10.6. The summed E-state index contributed by atoms with van der Waals surface area (Å²) in [6, 6.07) is 7.14. The second-order valence-corrected chi connectivity index (χ2v) is 5.07. The van der Waals surface area contributed by atoms with Crippen LogP contribution < -0.4 is 0 Å². The Kier molecular flexibility index (Phi) is 3.34. The van der Waals surface area contributed by atoms with E-state index >= 15 is 0 Å². The zero-order valence-corrected chi connectivity index (χ0v) is 9.72. The number of aromatic nitrogens is 1. The third-order valence-corrected chi connectivity index (χ3v) is 3.83.